The average Bonchev–Trinajstić information content (AvgIpc) is 2.53. The first-order valence-corrected chi connectivity index (χ1v) is 9.56. The number of carboxylic acids is 1. The molecule has 3 aliphatic carbocycles. The second-order valence-corrected chi connectivity index (χ2v) is 9.77. The number of fused-ring (bicyclic) bond motifs is 2. The van der Waals surface area contributed by atoms with Crippen molar-refractivity contribution in [2.45, 2.75) is 83.5 Å². The van der Waals surface area contributed by atoms with E-state index in [1.165, 1.54) is 0 Å². The molecule has 2 heterocycles. The van der Waals surface area contributed by atoms with E-state index in [1.807, 2.05) is 13.0 Å². The van der Waals surface area contributed by atoms with Gasteiger partial charge in [0.05, 0.1) is 11.0 Å². The lowest BCUT2D eigenvalue weighted by molar-refractivity contribution is -0.440. The Hall–Kier alpha value is -0.910. The minimum atomic E-state index is -0.990. The van der Waals surface area contributed by atoms with E-state index in [0.717, 1.165) is 37.7 Å². The van der Waals surface area contributed by atoms with Crippen molar-refractivity contribution >= 4 is 5.97 Å². The zero-order valence-electron chi connectivity index (χ0n) is 15.7. The van der Waals surface area contributed by atoms with Crippen molar-refractivity contribution in [1.82, 2.24) is 0 Å². The third-order valence-electron chi connectivity index (χ3n) is 7.76. The molecule has 0 aromatic rings. The van der Waals surface area contributed by atoms with Crippen LogP contribution in [-0.4, -0.2) is 33.5 Å². The van der Waals surface area contributed by atoms with Crippen LogP contribution in [0.4, 0.5) is 0 Å². The standard InChI is InChI=1S/C20H30O5/c1-17(2,23)12-10-20-11-19(4,16(21)22)14-7-5-6-8-18(14,3)15(20)9-13(12)24-25-20/h10,13-15,23H,5-9,11H2,1-4H3,(H,21,22)/t13-,14+,15+,18+,19-,20+/m0/s1. The Balaban J connectivity index is 1.87. The van der Waals surface area contributed by atoms with Crippen molar-refractivity contribution in [3.8, 4) is 0 Å². The molecular formula is C20H30O5. The van der Waals surface area contributed by atoms with Gasteiger partial charge in [0.2, 0.25) is 0 Å². The molecule has 0 aromatic heterocycles. The summed E-state index contributed by atoms with van der Waals surface area (Å²) in [6.07, 6.45) is 7.25. The van der Waals surface area contributed by atoms with Gasteiger partial charge in [-0.1, -0.05) is 19.8 Å². The largest absolute Gasteiger partial charge is 0.481 e. The van der Waals surface area contributed by atoms with Gasteiger partial charge in [0.15, 0.2) is 0 Å². The minimum Gasteiger partial charge on any atom is -0.481 e. The molecule has 2 aliphatic heterocycles. The second-order valence-electron chi connectivity index (χ2n) is 9.77. The van der Waals surface area contributed by atoms with Gasteiger partial charge in [-0.2, -0.15) is 0 Å². The smallest absolute Gasteiger partial charge is 0.309 e. The van der Waals surface area contributed by atoms with E-state index < -0.39 is 22.6 Å². The van der Waals surface area contributed by atoms with Gasteiger partial charge in [0.25, 0.3) is 0 Å². The summed E-state index contributed by atoms with van der Waals surface area (Å²) in [6.45, 7) is 7.68. The Bertz CT molecular complexity index is 634. The predicted octanol–water partition coefficient (Wildman–Crippen LogP) is 3.46. The molecule has 5 rings (SSSR count). The molecule has 2 saturated carbocycles. The summed E-state index contributed by atoms with van der Waals surface area (Å²) in [5.41, 5.74) is -1.83. The predicted molar refractivity (Wildman–Crippen MR) is 91.6 cm³/mol. The number of carboxylic acid groups (broad SMARTS) is 1. The van der Waals surface area contributed by atoms with E-state index in [9.17, 15) is 15.0 Å². The van der Waals surface area contributed by atoms with Gasteiger partial charge in [-0.05, 0) is 69.4 Å². The van der Waals surface area contributed by atoms with Crippen LogP contribution in [0, 0.1) is 22.7 Å². The van der Waals surface area contributed by atoms with Crippen LogP contribution in [0.25, 0.3) is 0 Å². The van der Waals surface area contributed by atoms with Crippen LogP contribution in [-0.2, 0) is 14.6 Å². The molecule has 0 amide bonds. The Morgan fingerprint density at radius 3 is 2.64 bits per heavy atom. The zero-order valence-corrected chi connectivity index (χ0v) is 15.7. The van der Waals surface area contributed by atoms with Gasteiger partial charge in [0, 0.05) is 5.92 Å². The van der Waals surface area contributed by atoms with Crippen molar-refractivity contribution in [2.75, 3.05) is 0 Å². The molecule has 0 unspecified atom stereocenters. The highest BCUT2D eigenvalue weighted by Gasteiger charge is 2.69. The van der Waals surface area contributed by atoms with Crippen molar-refractivity contribution < 1.29 is 24.8 Å². The van der Waals surface area contributed by atoms with Crippen LogP contribution in [0.1, 0.15) is 66.2 Å². The van der Waals surface area contributed by atoms with Crippen molar-refractivity contribution in [2.24, 2.45) is 22.7 Å². The molecule has 25 heavy (non-hydrogen) atoms. The Labute approximate surface area is 149 Å². The summed E-state index contributed by atoms with van der Waals surface area (Å²) in [5, 5.41) is 20.7. The molecule has 3 fully saturated rings. The fraction of sp³-hybridized carbons (Fsp3) is 0.850. The highest BCUT2D eigenvalue weighted by atomic mass is 17.2. The maximum Gasteiger partial charge on any atom is 0.309 e. The van der Waals surface area contributed by atoms with E-state index in [4.69, 9.17) is 9.78 Å². The van der Waals surface area contributed by atoms with E-state index >= 15 is 0 Å². The quantitative estimate of drug-likeness (QED) is 0.589. The molecule has 6 atom stereocenters. The SMILES string of the molecule is CC(C)(O)C1=C[C@@]23C[C@](C)(C(=O)O)[C@@H]4CCCC[C@@]4(C)[C@H]2C[C@@H]1OO3. The summed E-state index contributed by atoms with van der Waals surface area (Å²) in [5.74, 6) is -0.348. The maximum atomic E-state index is 12.3. The van der Waals surface area contributed by atoms with Crippen LogP contribution in [0.2, 0.25) is 0 Å². The van der Waals surface area contributed by atoms with E-state index in [1.54, 1.807) is 13.8 Å². The monoisotopic (exact) mass is 350 g/mol. The number of hydrogen-bond acceptors (Lipinski definition) is 4. The second kappa shape index (κ2) is 5.08. The summed E-state index contributed by atoms with van der Waals surface area (Å²) in [6, 6.07) is 0. The molecule has 5 nitrogen and oxygen atoms in total. The highest BCUT2D eigenvalue weighted by Crippen LogP contribution is 2.68. The summed E-state index contributed by atoms with van der Waals surface area (Å²) >= 11 is 0. The van der Waals surface area contributed by atoms with Crippen LogP contribution in [0.3, 0.4) is 0 Å². The Morgan fingerprint density at radius 1 is 1.28 bits per heavy atom. The molecule has 2 bridgehead atoms. The molecule has 0 radical (unpaired) electrons. The molecule has 1 spiro atoms. The first-order chi connectivity index (χ1) is 11.5. The van der Waals surface area contributed by atoms with Crippen LogP contribution < -0.4 is 0 Å². The van der Waals surface area contributed by atoms with Gasteiger partial charge in [-0.25, -0.2) is 9.78 Å². The summed E-state index contributed by atoms with van der Waals surface area (Å²) in [4.78, 5) is 23.9. The molecular weight excluding hydrogens is 320 g/mol. The first-order valence-electron chi connectivity index (χ1n) is 9.56. The molecule has 2 N–H and O–H groups in total. The normalized spacial score (nSPS) is 49.2. The zero-order chi connectivity index (χ0) is 18.3. The minimum absolute atomic E-state index is 0.0761. The van der Waals surface area contributed by atoms with Crippen LogP contribution >= 0.6 is 0 Å². The summed E-state index contributed by atoms with van der Waals surface area (Å²) in [7, 11) is 0. The number of rotatable bonds is 2. The Kier molecular flexibility index (Phi) is 3.56. The molecule has 140 valence electrons. The maximum absolute atomic E-state index is 12.3. The third kappa shape index (κ3) is 2.22. The number of carbonyl (C=O) groups is 1. The van der Waals surface area contributed by atoms with Crippen molar-refractivity contribution in [1.29, 1.82) is 0 Å². The first kappa shape index (κ1) is 17.5. The van der Waals surface area contributed by atoms with E-state index in [-0.39, 0.29) is 23.4 Å². The van der Waals surface area contributed by atoms with Gasteiger partial charge in [0.1, 0.15) is 11.7 Å². The average molecular weight is 350 g/mol. The lowest BCUT2D eigenvalue weighted by Crippen LogP contribution is -2.68. The van der Waals surface area contributed by atoms with Gasteiger partial charge < -0.3 is 10.2 Å². The number of aliphatic carboxylic acids is 1. The molecule has 1 saturated heterocycles. The molecule has 0 aromatic carbocycles. The van der Waals surface area contributed by atoms with Crippen LogP contribution in [0.5, 0.6) is 0 Å². The lowest BCUT2D eigenvalue weighted by Gasteiger charge is -2.66. The van der Waals surface area contributed by atoms with Crippen molar-refractivity contribution in [3.63, 3.8) is 0 Å². The van der Waals surface area contributed by atoms with E-state index in [0.29, 0.717) is 6.42 Å². The number of hydrogen-bond donors (Lipinski definition) is 2. The van der Waals surface area contributed by atoms with Gasteiger partial charge in [-0.3, -0.25) is 4.79 Å². The molecule has 5 heteroatoms. The highest BCUT2D eigenvalue weighted by molar-refractivity contribution is 5.75. The number of aliphatic hydroxyl groups is 1. The van der Waals surface area contributed by atoms with Crippen LogP contribution in [0.15, 0.2) is 11.6 Å². The van der Waals surface area contributed by atoms with Gasteiger partial charge in [-0.15, -0.1) is 0 Å². The molecule has 5 aliphatic rings. The fourth-order valence-corrected chi connectivity index (χ4v) is 6.66. The van der Waals surface area contributed by atoms with Gasteiger partial charge >= 0.3 is 5.97 Å². The lowest BCUT2D eigenvalue weighted by atomic mass is 9.41. The van der Waals surface area contributed by atoms with Crippen molar-refractivity contribution in [3.05, 3.63) is 11.6 Å². The summed E-state index contributed by atoms with van der Waals surface area (Å²) < 4.78 is 0. The fourth-order valence-electron chi connectivity index (χ4n) is 6.66. The topological polar surface area (TPSA) is 76.0 Å². The third-order valence-corrected chi connectivity index (χ3v) is 7.76. The van der Waals surface area contributed by atoms with E-state index in [2.05, 4.69) is 6.92 Å². The Morgan fingerprint density at radius 2 is 2.00 bits per heavy atom.